The molecule has 27 heavy (non-hydrogen) atoms. The highest BCUT2D eigenvalue weighted by molar-refractivity contribution is 5.91. The molecule has 0 saturated heterocycles. The minimum Gasteiger partial charge on any atom is -0.493 e. The molecule has 0 heterocycles. The van der Waals surface area contributed by atoms with Crippen LogP contribution in [0.25, 0.3) is 0 Å². The number of carboxylic acid groups (broad SMARTS) is 1. The number of carbonyl (C=O) groups is 2. The molecule has 0 aliphatic heterocycles. The molecule has 0 spiro atoms. The van der Waals surface area contributed by atoms with Crippen LogP contribution in [0.1, 0.15) is 23.2 Å². The monoisotopic (exact) mass is 386 g/mol. The summed E-state index contributed by atoms with van der Waals surface area (Å²) >= 11 is 0. The van der Waals surface area contributed by atoms with Crippen LogP contribution in [-0.4, -0.2) is 77.6 Å². The summed E-state index contributed by atoms with van der Waals surface area (Å²) in [6.45, 7) is 0. The zero-order chi connectivity index (χ0) is 20.4. The van der Waals surface area contributed by atoms with Gasteiger partial charge >= 0.3 is 11.9 Å². The van der Waals surface area contributed by atoms with Gasteiger partial charge in [-0.1, -0.05) is 0 Å². The van der Waals surface area contributed by atoms with E-state index in [9.17, 15) is 24.9 Å². The number of methoxy groups -OCH3 is 3. The minimum atomic E-state index is -2.32. The van der Waals surface area contributed by atoms with E-state index in [1.165, 1.54) is 33.5 Å². The number of carboxylic acids is 1. The van der Waals surface area contributed by atoms with Gasteiger partial charge in [0.1, 0.15) is 12.2 Å². The van der Waals surface area contributed by atoms with E-state index < -0.39 is 48.7 Å². The van der Waals surface area contributed by atoms with Gasteiger partial charge < -0.3 is 39.4 Å². The van der Waals surface area contributed by atoms with Crippen molar-refractivity contribution in [3.05, 3.63) is 17.7 Å². The van der Waals surface area contributed by atoms with Crippen molar-refractivity contribution in [2.45, 2.75) is 36.8 Å². The summed E-state index contributed by atoms with van der Waals surface area (Å²) in [6.07, 6.45) is -5.70. The molecule has 150 valence electrons. The Labute approximate surface area is 154 Å². The summed E-state index contributed by atoms with van der Waals surface area (Å²) in [5, 5.41) is 39.1. The Morgan fingerprint density at radius 1 is 1.04 bits per heavy atom. The van der Waals surface area contributed by atoms with E-state index in [0.29, 0.717) is 0 Å². The van der Waals surface area contributed by atoms with E-state index in [0.717, 1.165) is 0 Å². The van der Waals surface area contributed by atoms with Crippen LogP contribution < -0.4 is 14.2 Å². The van der Waals surface area contributed by atoms with Gasteiger partial charge in [-0.2, -0.15) is 0 Å². The van der Waals surface area contributed by atoms with Crippen molar-refractivity contribution in [2.75, 3.05) is 21.3 Å². The van der Waals surface area contributed by atoms with Crippen molar-refractivity contribution in [3.8, 4) is 17.2 Å². The maximum absolute atomic E-state index is 12.5. The predicted octanol–water partition coefficient (Wildman–Crippen LogP) is -0.431. The van der Waals surface area contributed by atoms with Gasteiger partial charge in [0, 0.05) is 12.8 Å². The topological polar surface area (TPSA) is 152 Å². The first kappa shape index (κ1) is 20.7. The van der Waals surface area contributed by atoms with Gasteiger partial charge in [-0.15, -0.1) is 0 Å². The highest BCUT2D eigenvalue weighted by atomic mass is 16.6. The summed E-state index contributed by atoms with van der Waals surface area (Å²) in [6, 6.07) is 2.64. The zero-order valence-electron chi connectivity index (χ0n) is 15.0. The number of benzene rings is 1. The van der Waals surface area contributed by atoms with Crippen LogP contribution in [0.5, 0.6) is 17.2 Å². The Kier molecular flexibility index (Phi) is 6.14. The standard InChI is InChI=1S/C17H22O10/c1-24-10-4-8(5-11(25-2)14(10)26-3)15(20)27-12-7-17(23,16(21)22)6-9(18)13(12)19/h4-5,9,12-13,18-19,23H,6-7H2,1-3H3,(H,21,22)/t9-,12+,13+,17+/m0/s1. The quantitative estimate of drug-likeness (QED) is 0.474. The van der Waals surface area contributed by atoms with E-state index in [1.54, 1.807) is 0 Å². The lowest BCUT2D eigenvalue weighted by atomic mass is 9.79. The second kappa shape index (κ2) is 7.99. The fourth-order valence-electron chi connectivity index (χ4n) is 2.94. The van der Waals surface area contributed by atoms with Crippen LogP contribution in [0, 0.1) is 0 Å². The fraction of sp³-hybridized carbons (Fsp3) is 0.529. The van der Waals surface area contributed by atoms with Crippen LogP contribution in [0.2, 0.25) is 0 Å². The average Bonchev–Trinajstić information content (AvgIpc) is 2.64. The molecule has 1 aromatic rings. The van der Waals surface area contributed by atoms with Crippen LogP contribution in [0.3, 0.4) is 0 Å². The first-order valence-corrected chi connectivity index (χ1v) is 7.99. The molecule has 1 aliphatic carbocycles. The van der Waals surface area contributed by atoms with Gasteiger partial charge in [-0.05, 0) is 12.1 Å². The molecule has 0 unspecified atom stereocenters. The van der Waals surface area contributed by atoms with Crippen molar-refractivity contribution >= 4 is 11.9 Å². The van der Waals surface area contributed by atoms with Crippen molar-refractivity contribution in [1.29, 1.82) is 0 Å². The van der Waals surface area contributed by atoms with Gasteiger partial charge in [-0.25, -0.2) is 9.59 Å². The van der Waals surface area contributed by atoms with Gasteiger partial charge in [0.2, 0.25) is 5.75 Å². The molecule has 10 nitrogen and oxygen atoms in total. The fourth-order valence-corrected chi connectivity index (χ4v) is 2.94. The third-order valence-electron chi connectivity index (χ3n) is 4.42. The van der Waals surface area contributed by atoms with Gasteiger partial charge in [0.05, 0.1) is 33.0 Å². The molecule has 1 fully saturated rings. The second-order valence-electron chi connectivity index (χ2n) is 6.16. The van der Waals surface area contributed by atoms with Gasteiger partial charge in [0.25, 0.3) is 0 Å². The molecule has 2 rings (SSSR count). The van der Waals surface area contributed by atoms with Crippen molar-refractivity contribution < 1.29 is 49.0 Å². The number of carbonyl (C=O) groups excluding carboxylic acids is 1. The first-order chi connectivity index (χ1) is 12.7. The summed E-state index contributed by atoms with van der Waals surface area (Å²) in [5.41, 5.74) is -2.34. The molecular weight excluding hydrogens is 364 g/mol. The molecule has 1 saturated carbocycles. The number of aliphatic carboxylic acids is 1. The van der Waals surface area contributed by atoms with Crippen LogP contribution in [0.15, 0.2) is 12.1 Å². The highest BCUT2D eigenvalue weighted by Crippen LogP contribution is 2.39. The van der Waals surface area contributed by atoms with Crippen molar-refractivity contribution in [2.24, 2.45) is 0 Å². The Morgan fingerprint density at radius 3 is 2.04 bits per heavy atom. The van der Waals surface area contributed by atoms with E-state index in [4.69, 9.17) is 24.1 Å². The van der Waals surface area contributed by atoms with E-state index in [1.807, 2.05) is 0 Å². The number of hydrogen-bond acceptors (Lipinski definition) is 9. The molecule has 10 heteroatoms. The molecule has 4 atom stereocenters. The van der Waals surface area contributed by atoms with Crippen LogP contribution in [-0.2, 0) is 9.53 Å². The molecule has 0 amide bonds. The van der Waals surface area contributed by atoms with Crippen LogP contribution >= 0.6 is 0 Å². The predicted molar refractivity (Wildman–Crippen MR) is 89.1 cm³/mol. The molecule has 0 aromatic heterocycles. The summed E-state index contributed by atoms with van der Waals surface area (Å²) in [5.74, 6) is -1.88. The zero-order valence-corrected chi connectivity index (χ0v) is 15.0. The largest absolute Gasteiger partial charge is 0.493 e. The number of aliphatic hydroxyl groups excluding tert-OH is 2. The Balaban J connectivity index is 2.29. The summed E-state index contributed by atoms with van der Waals surface area (Å²) < 4.78 is 20.6. The van der Waals surface area contributed by atoms with E-state index in [2.05, 4.69) is 0 Å². The van der Waals surface area contributed by atoms with Crippen molar-refractivity contribution in [3.63, 3.8) is 0 Å². The van der Waals surface area contributed by atoms with Gasteiger partial charge in [-0.3, -0.25) is 0 Å². The minimum absolute atomic E-state index is 0.0179. The van der Waals surface area contributed by atoms with Gasteiger partial charge in [0.15, 0.2) is 17.1 Å². The number of hydrogen-bond donors (Lipinski definition) is 4. The molecule has 0 radical (unpaired) electrons. The second-order valence-corrected chi connectivity index (χ2v) is 6.16. The van der Waals surface area contributed by atoms with Crippen LogP contribution in [0.4, 0.5) is 0 Å². The average molecular weight is 386 g/mol. The lowest BCUT2D eigenvalue weighted by Gasteiger charge is -2.39. The highest BCUT2D eigenvalue weighted by Gasteiger charge is 2.50. The van der Waals surface area contributed by atoms with E-state index >= 15 is 0 Å². The first-order valence-electron chi connectivity index (χ1n) is 7.99. The molecule has 4 N–H and O–H groups in total. The lowest BCUT2D eigenvalue weighted by molar-refractivity contribution is -0.187. The molecular formula is C17H22O10. The number of esters is 1. The Bertz CT molecular complexity index is 693. The maximum Gasteiger partial charge on any atom is 0.338 e. The normalized spacial score (nSPS) is 27.6. The number of ether oxygens (including phenoxy) is 4. The van der Waals surface area contributed by atoms with E-state index in [-0.39, 0.29) is 22.8 Å². The summed E-state index contributed by atoms with van der Waals surface area (Å²) in [7, 11) is 4.12. The maximum atomic E-state index is 12.5. The molecule has 1 aromatic carbocycles. The summed E-state index contributed by atoms with van der Waals surface area (Å²) in [4.78, 5) is 23.7. The van der Waals surface area contributed by atoms with Crippen molar-refractivity contribution in [1.82, 2.24) is 0 Å². The number of aliphatic hydroxyl groups is 3. The third-order valence-corrected chi connectivity index (χ3v) is 4.42. The Hall–Kier alpha value is -2.56. The SMILES string of the molecule is COc1cc(C(=O)O[C@@H]2C[C@@](O)(C(=O)O)C[C@H](O)[C@H]2O)cc(OC)c1OC. The lowest BCUT2D eigenvalue weighted by Crippen LogP contribution is -2.57. The molecule has 0 bridgehead atoms. The third kappa shape index (κ3) is 4.07. The number of rotatable bonds is 6. The smallest absolute Gasteiger partial charge is 0.338 e. The Morgan fingerprint density at radius 2 is 1.59 bits per heavy atom. The molecule has 1 aliphatic rings.